The lowest BCUT2D eigenvalue weighted by Crippen LogP contribution is -2.46. The molecule has 2 N–H and O–H groups in total. The number of nitrogens with zero attached hydrogens (tertiary/aromatic N) is 2. The first-order valence-electron chi connectivity index (χ1n) is 6.20. The fraction of sp³-hybridized carbons (Fsp3) is 0.909. The smallest absolute Gasteiger partial charge is 0.390 e. The molecular weight excluding hydrogens is 374 g/mol. The first-order valence-corrected chi connectivity index (χ1v) is 6.20. The van der Waals surface area contributed by atoms with Crippen LogP contribution in [0.1, 0.15) is 26.2 Å². The highest BCUT2D eigenvalue weighted by Crippen LogP contribution is 2.19. The molecule has 1 aliphatic rings. The highest BCUT2D eigenvalue weighted by molar-refractivity contribution is 14.0. The SMILES string of the molecule is CCNC(=NCCC(F)(F)F)N1CCC(O)CC1.I. The summed E-state index contributed by atoms with van der Waals surface area (Å²) in [6.07, 6.45) is -4.12. The monoisotopic (exact) mass is 395 g/mol. The lowest BCUT2D eigenvalue weighted by Gasteiger charge is -2.32. The van der Waals surface area contributed by atoms with Crippen LogP contribution in [0.3, 0.4) is 0 Å². The molecule has 1 saturated heterocycles. The van der Waals surface area contributed by atoms with Gasteiger partial charge in [-0.05, 0) is 19.8 Å². The van der Waals surface area contributed by atoms with Gasteiger partial charge in [-0.3, -0.25) is 4.99 Å². The van der Waals surface area contributed by atoms with Crippen molar-refractivity contribution in [1.29, 1.82) is 0 Å². The van der Waals surface area contributed by atoms with Gasteiger partial charge in [-0.25, -0.2) is 0 Å². The van der Waals surface area contributed by atoms with E-state index in [1.807, 2.05) is 11.8 Å². The Labute approximate surface area is 128 Å². The Morgan fingerprint density at radius 3 is 2.42 bits per heavy atom. The molecule has 0 bridgehead atoms. The van der Waals surface area contributed by atoms with Crippen molar-refractivity contribution < 1.29 is 18.3 Å². The van der Waals surface area contributed by atoms with Crippen LogP contribution in [0.25, 0.3) is 0 Å². The van der Waals surface area contributed by atoms with Crippen LogP contribution >= 0.6 is 24.0 Å². The van der Waals surface area contributed by atoms with Crippen molar-refractivity contribution in [2.24, 2.45) is 4.99 Å². The number of rotatable bonds is 3. The Bertz CT molecular complexity index is 279. The minimum atomic E-state index is -4.17. The van der Waals surface area contributed by atoms with Crippen molar-refractivity contribution in [1.82, 2.24) is 10.2 Å². The van der Waals surface area contributed by atoms with E-state index >= 15 is 0 Å². The van der Waals surface area contributed by atoms with Crippen molar-refractivity contribution >= 4 is 29.9 Å². The maximum absolute atomic E-state index is 12.0. The van der Waals surface area contributed by atoms with Crippen molar-refractivity contribution in [2.75, 3.05) is 26.2 Å². The average Bonchev–Trinajstić information content (AvgIpc) is 2.27. The Balaban J connectivity index is 0.00000324. The number of alkyl halides is 3. The fourth-order valence-electron chi connectivity index (χ4n) is 1.79. The van der Waals surface area contributed by atoms with Gasteiger partial charge in [0.15, 0.2) is 5.96 Å². The number of nitrogens with one attached hydrogen (secondary N) is 1. The minimum absolute atomic E-state index is 0. The molecule has 0 spiro atoms. The van der Waals surface area contributed by atoms with Gasteiger partial charge in [0.1, 0.15) is 0 Å². The van der Waals surface area contributed by atoms with Crippen LogP contribution in [0.4, 0.5) is 13.2 Å². The Morgan fingerprint density at radius 1 is 1.37 bits per heavy atom. The number of hydrogen-bond donors (Lipinski definition) is 2. The molecule has 0 atom stereocenters. The molecule has 1 heterocycles. The Kier molecular flexibility index (Phi) is 8.71. The third kappa shape index (κ3) is 7.81. The van der Waals surface area contributed by atoms with E-state index in [1.165, 1.54) is 0 Å². The van der Waals surface area contributed by atoms with E-state index in [2.05, 4.69) is 10.3 Å². The van der Waals surface area contributed by atoms with Crippen molar-refractivity contribution in [3.63, 3.8) is 0 Å². The predicted molar refractivity (Wildman–Crippen MR) is 78.9 cm³/mol. The summed E-state index contributed by atoms with van der Waals surface area (Å²) < 4.78 is 36.1. The number of piperidine rings is 1. The predicted octanol–water partition coefficient (Wildman–Crippen LogP) is 1.98. The largest absolute Gasteiger partial charge is 0.393 e. The van der Waals surface area contributed by atoms with Crippen LogP contribution in [0.5, 0.6) is 0 Å². The first kappa shape index (κ1) is 18.8. The van der Waals surface area contributed by atoms with Crippen LogP contribution in [0, 0.1) is 0 Å². The van der Waals surface area contributed by atoms with E-state index in [0.717, 1.165) is 0 Å². The second-order valence-electron chi connectivity index (χ2n) is 4.32. The van der Waals surface area contributed by atoms with Gasteiger partial charge in [0.05, 0.1) is 19.1 Å². The van der Waals surface area contributed by atoms with E-state index in [-0.39, 0.29) is 36.6 Å². The van der Waals surface area contributed by atoms with E-state index < -0.39 is 12.6 Å². The number of aliphatic hydroxyl groups is 1. The quantitative estimate of drug-likeness (QED) is 0.437. The van der Waals surface area contributed by atoms with Gasteiger partial charge in [-0.2, -0.15) is 13.2 Å². The van der Waals surface area contributed by atoms with Gasteiger partial charge < -0.3 is 15.3 Å². The molecule has 1 rings (SSSR count). The Morgan fingerprint density at radius 2 is 1.95 bits per heavy atom. The normalized spacial score (nSPS) is 18.2. The topological polar surface area (TPSA) is 47.9 Å². The zero-order valence-electron chi connectivity index (χ0n) is 10.9. The molecule has 0 aromatic rings. The summed E-state index contributed by atoms with van der Waals surface area (Å²) in [5.41, 5.74) is 0. The lowest BCUT2D eigenvalue weighted by molar-refractivity contribution is -0.132. The van der Waals surface area contributed by atoms with E-state index in [0.29, 0.717) is 38.4 Å². The second kappa shape index (κ2) is 8.83. The van der Waals surface area contributed by atoms with Gasteiger partial charge in [-0.15, -0.1) is 24.0 Å². The first-order chi connectivity index (χ1) is 8.42. The van der Waals surface area contributed by atoms with Gasteiger partial charge in [0.2, 0.25) is 0 Å². The van der Waals surface area contributed by atoms with Crippen LogP contribution in [0.15, 0.2) is 4.99 Å². The molecule has 1 fully saturated rings. The maximum Gasteiger partial charge on any atom is 0.390 e. The second-order valence-corrected chi connectivity index (χ2v) is 4.32. The van der Waals surface area contributed by atoms with Gasteiger partial charge >= 0.3 is 6.18 Å². The fourth-order valence-corrected chi connectivity index (χ4v) is 1.79. The molecule has 0 amide bonds. The summed E-state index contributed by atoms with van der Waals surface area (Å²) in [6.45, 7) is 3.48. The third-order valence-corrected chi connectivity index (χ3v) is 2.76. The molecule has 0 aromatic heterocycles. The van der Waals surface area contributed by atoms with Crippen molar-refractivity contribution in [2.45, 2.75) is 38.5 Å². The molecular formula is C11H21F3IN3O. The molecule has 0 unspecified atom stereocenters. The zero-order chi connectivity index (χ0) is 13.6. The number of halogens is 4. The number of hydrogen-bond acceptors (Lipinski definition) is 2. The number of guanidine groups is 1. The third-order valence-electron chi connectivity index (χ3n) is 2.76. The molecule has 0 aliphatic carbocycles. The number of aliphatic hydroxyl groups excluding tert-OH is 1. The molecule has 0 radical (unpaired) electrons. The van der Waals surface area contributed by atoms with Crippen LogP contribution in [-0.2, 0) is 0 Å². The van der Waals surface area contributed by atoms with Crippen LogP contribution in [0.2, 0.25) is 0 Å². The lowest BCUT2D eigenvalue weighted by atomic mass is 10.1. The Hall–Kier alpha value is -0.250. The number of likely N-dealkylation sites (tertiary alicyclic amines) is 1. The molecule has 114 valence electrons. The minimum Gasteiger partial charge on any atom is -0.393 e. The van der Waals surface area contributed by atoms with E-state index in [1.54, 1.807) is 0 Å². The van der Waals surface area contributed by atoms with Crippen LogP contribution in [-0.4, -0.2) is 54.4 Å². The van der Waals surface area contributed by atoms with Crippen molar-refractivity contribution in [3.05, 3.63) is 0 Å². The molecule has 8 heteroatoms. The molecule has 4 nitrogen and oxygen atoms in total. The summed E-state index contributed by atoms with van der Waals surface area (Å²) in [5, 5.41) is 12.4. The highest BCUT2D eigenvalue weighted by atomic mass is 127. The number of aliphatic imine (C=N–C) groups is 1. The summed E-state index contributed by atoms with van der Waals surface area (Å²) in [7, 11) is 0. The molecule has 0 saturated carbocycles. The summed E-state index contributed by atoms with van der Waals surface area (Å²) in [4.78, 5) is 5.87. The molecule has 19 heavy (non-hydrogen) atoms. The van der Waals surface area contributed by atoms with Gasteiger partial charge in [-0.1, -0.05) is 0 Å². The standard InChI is InChI=1S/C11H20F3N3O.HI/c1-2-15-10(16-6-5-11(12,13)14)17-7-3-9(18)4-8-17;/h9,18H,2-8H2,1H3,(H,15,16);1H. The van der Waals surface area contributed by atoms with E-state index in [9.17, 15) is 18.3 Å². The summed E-state index contributed by atoms with van der Waals surface area (Å²) >= 11 is 0. The molecule has 0 aromatic carbocycles. The molecule has 1 aliphatic heterocycles. The average molecular weight is 395 g/mol. The maximum atomic E-state index is 12.0. The zero-order valence-corrected chi connectivity index (χ0v) is 13.2. The summed E-state index contributed by atoms with van der Waals surface area (Å²) in [5.74, 6) is 0.508. The van der Waals surface area contributed by atoms with E-state index in [4.69, 9.17) is 0 Å². The van der Waals surface area contributed by atoms with Crippen molar-refractivity contribution in [3.8, 4) is 0 Å². The van der Waals surface area contributed by atoms with Gasteiger partial charge in [0, 0.05) is 19.6 Å². The van der Waals surface area contributed by atoms with Crippen LogP contribution < -0.4 is 5.32 Å². The highest BCUT2D eigenvalue weighted by Gasteiger charge is 2.26. The van der Waals surface area contributed by atoms with Gasteiger partial charge in [0.25, 0.3) is 0 Å². The summed E-state index contributed by atoms with van der Waals surface area (Å²) in [6, 6.07) is 0.